The third-order valence-corrected chi connectivity index (χ3v) is 2.37. The first-order valence-electron chi connectivity index (χ1n) is 5.95. The molecule has 1 heterocycles. The van der Waals surface area contributed by atoms with Crippen LogP contribution in [0.2, 0.25) is 0 Å². The average molecular weight is 240 g/mol. The van der Waals surface area contributed by atoms with E-state index < -0.39 is 6.10 Å². The Balaban J connectivity index is 2.44. The number of carbonyl (C=O) groups is 1. The van der Waals surface area contributed by atoms with E-state index in [1.54, 1.807) is 13.3 Å². The second kappa shape index (κ2) is 7.01. The van der Waals surface area contributed by atoms with Crippen molar-refractivity contribution in [2.75, 3.05) is 6.61 Å². The van der Waals surface area contributed by atoms with Gasteiger partial charge >= 0.3 is 0 Å². The predicted octanol–water partition coefficient (Wildman–Crippen LogP) is 0.729. The van der Waals surface area contributed by atoms with Gasteiger partial charge in [-0.3, -0.25) is 4.79 Å². The second-order valence-corrected chi connectivity index (χ2v) is 3.76. The van der Waals surface area contributed by atoms with E-state index in [9.17, 15) is 4.79 Å². The van der Waals surface area contributed by atoms with Crippen molar-refractivity contribution >= 4 is 5.91 Å². The molecule has 1 rings (SSSR count). The molecular formula is C11H20N4O2. The van der Waals surface area contributed by atoms with Crippen LogP contribution in [0.5, 0.6) is 0 Å². The van der Waals surface area contributed by atoms with Gasteiger partial charge in [-0.05, 0) is 20.3 Å². The lowest BCUT2D eigenvalue weighted by atomic mass is 10.3. The summed E-state index contributed by atoms with van der Waals surface area (Å²) < 4.78 is 7.13. The highest BCUT2D eigenvalue weighted by molar-refractivity contribution is 5.80. The fourth-order valence-corrected chi connectivity index (χ4v) is 1.48. The predicted molar refractivity (Wildman–Crippen MR) is 63.2 cm³/mol. The number of rotatable bonds is 7. The molecule has 96 valence electrons. The van der Waals surface area contributed by atoms with Crippen molar-refractivity contribution in [1.29, 1.82) is 0 Å². The molecular weight excluding hydrogens is 220 g/mol. The molecule has 0 aromatic carbocycles. The van der Waals surface area contributed by atoms with E-state index >= 15 is 0 Å². The van der Waals surface area contributed by atoms with Gasteiger partial charge in [0.1, 0.15) is 12.4 Å². The molecule has 1 aromatic heterocycles. The molecule has 6 heteroatoms. The fraction of sp³-hybridized carbons (Fsp3) is 0.727. The SMILES string of the molecule is CCCn1cnnc1CNC(=O)[C@@H](C)OCC. The number of hydrogen-bond donors (Lipinski definition) is 1. The van der Waals surface area contributed by atoms with Crippen LogP contribution < -0.4 is 5.32 Å². The highest BCUT2D eigenvalue weighted by Gasteiger charge is 2.13. The van der Waals surface area contributed by atoms with Crippen LogP contribution in [0.4, 0.5) is 0 Å². The van der Waals surface area contributed by atoms with E-state index in [-0.39, 0.29) is 5.91 Å². The number of carbonyl (C=O) groups excluding carboxylic acids is 1. The Morgan fingerprint density at radius 1 is 1.59 bits per heavy atom. The summed E-state index contributed by atoms with van der Waals surface area (Å²) in [6.07, 6.45) is 2.26. The lowest BCUT2D eigenvalue weighted by molar-refractivity contribution is -0.131. The molecule has 0 spiro atoms. The average Bonchev–Trinajstić information content (AvgIpc) is 2.74. The summed E-state index contributed by atoms with van der Waals surface area (Å²) in [4.78, 5) is 11.6. The first-order valence-corrected chi connectivity index (χ1v) is 5.95. The van der Waals surface area contributed by atoms with Crippen LogP contribution in [0.25, 0.3) is 0 Å². The maximum atomic E-state index is 11.6. The molecule has 0 aliphatic rings. The van der Waals surface area contributed by atoms with E-state index in [1.165, 1.54) is 0 Å². The van der Waals surface area contributed by atoms with Crippen molar-refractivity contribution in [3.63, 3.8) is 0 Å². The Morgan fingerprint density at radius 3 is 3.00 bits per heavy atom. The first-order chi connectivity index (χ1) is 8.19. The summed E-state index contributed by atoms with van der Waals surface area (Å²) in [6, 6.07) is 0. The largest absolute Gasteiger partial charge is 0.369 e. The summed E-state index contributed by atoms with van der Waals surface area (Å²) in [6.45, 7) is 7.45. The number of hydrogen-bond acceptors (Lipinski definition) is 4. The molecule has 0 radical (unpaired) electrons. The van der Waals surface area contributed by atoms with Gasteiger partial charge in [-0.25, -0.2) is 0 Å². The first kappa shape index (κ1) is 13.6. The Morgan fingerprint density at radius 2 is 2.35 bits per heavy atom. The van der Waals surface area contributed by atoms with Gasteiger partial charge in [0.25, 0.3) is 0 Å². The summed E-state index contributed by atoms with van der Waals surface area (Å²) in [5.41, 5.74) is 0. The minimum absolute atomic E-state index is 0.127. The molecule has 0 aliphatic heterocycles. The zero-order valence-electron chi connectivity index (χ0n) is 10.6. The molecule has 0 unspecified atom stereocenters. The van der Waals surface area contributed by atoms with E-state index in [4.69, 9.17) is 4.74 Å². The zero-order valence-corrected chi connectivity index (χ0v) is 10.6. The van der Waals surface area contributed by atoms with Gasteiger partial charge in [0.05, 0.1) is 6.54 Å². The van der Waals surface area contributed by atoms with Crippen LogP contribution >= 0.6 is 0 Å². The molecule has 6 nitrogen and oxygen atoms in total. The molecule has 0 bridgehead atoms. The van der Waals surface area contributed by atoms with Gasteiger partial charge in [-0.15, -0.1) is 10.2 Å². The van der Waals surface area contributed by atoms with Crippen molar-refractivity contribution in [3.8, 4) is 0 Å². The number of aryl methyl sites for hydroxylation is 1. The number of aromatic nitrogens is 3. The van der Waals surface area contributed by atoms with Crippen molar-refractivity contribution in [2.45, 2.75) is 46.4 Å². The third-order valence-electron chi connectivity index (χ3n) is 2.37. The number of nitrogens with one attached hydrogen (secondary N) is 1. The quantitative estimate of drug-likeness (QED) is 0.762. The highest BCUT2D eigenvalue weighted by atomic mass is 16.5. The van der Waals surface area contributed by atoms with Gasteiger partial charge in [0.2, 0.25) is 5.91 Å². The minimum atomic E-state index is -0.428. The summed E-state index contributed by atoms with van der Waals surface area (Å²) in [5.74, 6) is 0.641. The Kier molecular flexibility index (Phi) is 5.62. The van der Waals surface area contributed by atoms with Crippen molar-refractivity contribution < 1.29 is 9.53 Å². The lowest BCUT2D eigenvalue weighted by Gasteiger charge is -2.12. The van der Waals surface area contributed by atoms with E-state index in [2.05, 4.69) is 22.4 Å². The normalized spacial score (nSPS) is 12.4. The molecule has 1 aromatic rings. The molecule has 0 saturated carbocycles. The van der Waals surface area contributed by atoms with Crippen molar-refractivity contribution in [3.05, 3.63) is 12.2 Å². The van der Waals surface area contributed by atoms with Crippen LogP contribution in [0.3, 0.4) is 0 Å². The topological polar surface area (TPSA) is 69.0 Å². The van der Waals surface area contributed by atoms with Crippen LogP contribution in [0, 0.1) is 0 Å². The van der Waals surface area contributed by atoms with Crippen LogP contribution in [-0.2, 0) is 22.6 Å². The molecule has 1 amide bonds. The van der Waals surface area contributed by atoms with Crippen LogP contribution in [0.1, 0.15) is 33.0 Å². The van der Waals surface area contributed by atoms with Crippen molar-refractivity contribution in [1.82, 2.24) is 20.1 Å². The molecule has 1 N–H and O–H groups in total. The van der Waals surface area contributed by atoms with E-state index in [0.717, 1.165) is 18.8 Å². The minimum Gasteiger partial charge on any atom is -0.369 e. The number of ether oxygens (including phenoxy) is 1. The summed E-state index contributed by atoms with van der Waals surface area (Å²) >= 11 is 0. The Labute approximate surface area is 101 Å². The lowest BCUT2D eigenvalue weighted by Crippen LogP contribution is -2.34. The zero-order chi connectivity index (χ0) is 12.7. The fourth-order valence-electron chi connectivity index (χ4n) is 1.48. The van der Waals surface area contributed by atoms with E-state index in [1.807, 2.05) is 11.5 Å². The monoisotopic (exact) mass is 240 g/mol. The van der Waals surface area contributed by atoms with Gasteiger partial charge < -0.3 is 14.6 Å². The van der Waals surface area contributed by atoms with Crippen molar-refractivity contribution in [2.24, 2.45) is 0 Å². The van der Waals surface area contributed by atoms with Gasteiger partial charge in [0, 0.05) is 13.2 Å². The summed E-state index contributed by atoms with van der Waals surface area (Å²) in [7, 11) is 0. The third kappa shape index (κ3) is 4.14. The number of amides is 1. The van der Waals surface area contributed by atoms with Gasteiger partial charge in [-0.2, -0.15) is 0 Å². The Hall–Kier alpha value is -1.43. The second-order valence-electron chi connectivity index (χ2n) is 3.76. The molecule has 17 heavy (non-hydrogen) atoms. The van der Waals surface area contributed by atoms with Crippen LogP contribution in [0.15, 0.2) is 6.33 Å². The molecule has 0 saturated heterocycles. The molecule has 1 atom stereocenters. The van der Waals surface area contributed by atoms with Gasteiger partial charge in [-0.1, -0.05) is 6.92 Å². The highest BCUT2D eigenvalue weighted by Crippen LogP contribution is 1.98. The van der Waals surface area contributed by atoms with Gasteiger partial charge in [0.15, 0.2) is 5.82 Å². The maximum Gasteiger partial charge on any atom is 0.249 e. The maximum absolute atomic E-state index is 11.6. The Bertz CT molecular complexity index is 351. The number of nitrogens with zero attached hydrogens (tertiary/aromatic N) is 3. The summed E-state index contributed by atoms with van der Waals surface area (Å²) in [5, 5.41) is 10.6. The molecule has 0 aliphatic carbocycles. The van der Waals surface area contributed by atoms with E-state index in [0.29, 0.717) is 13.2 Å². The molecule has 0 fully saturated rings. The van der Waals surface area contributed by atoms with Crippen LogP contribution in [-0.4, -0.2) is 33.4 Å². The smallest absolute Gasteiger partial charge is 0.249 e. The standard InChI is InChI=1S/C11H20N4O2/c1-4-6-15-8-13-14-10(15)7-12-11(16)9(3)17-5-2/h8-9H,4-7H2,1-3H3,(H,12,16)/t9-/m1/s1.